The predicted octanol–water partition coefficient (Wildman–Crippen LogP) is 0.876. The SMILES string of the molecule is Cc1nnc(CNC(=NCc2ccn(C)c2)NCC2CCCO2)n1C. The van der Waals surface area contributed by atoms with Gasteiger partial charge in [-0.2, -0.15) is 0 Å². The van der Waals surface area contributed by atoms with Crippen molar-refractivity contribution in [2.75, 3.05) is 13.2 Å². The molecule has 0 radical (unpaired) electrons. The Labute approximate surface area is 148 Å². The van der Waals surface area contributed by atoms with E-state index < -0.39 is 0 Å². The van der Waals surface area contributed by atoms with Gasteiger partial charge in [0.05, 0.1) is 19.2 Å². The highest BCUT2D eigenvalue weighted by Gasteiger charge is 2.16. The maximum Gasteiger partial charge on any atom is 0.192 e. The van der Waals surface area contributed by atoms with E-state index in [4.69, 9.17) is 4.74 Å². The molecule has 1 fully saturated rings. The van der Waals surface area contributed by atoms with Crippen LogP contribution in [0.4, 0.5) is 0 Å². The quantitative estimate of drug-likeness (QED) is 0.600. The summed E-state index contributed by atoms with van der Waals surface area (Å²) >= 11 is 0. The number of aryl methyl sites for hydroxylation is 2. The fraction of sp³-hybridized carbons (Fsp3) is 0.588. The number of hydrogen-bond donors (Lipinski definition) is 2. The lowest BCUT2D eigenvalue weighted by atomic mass is 10.2. The second-order valence-electron chi connectivity index (χ2n) is 6.44. The standard InChI is InChI=1S/C17H27N7O/c1-13-21-22-16(24(13)3)11-20-17(19-10-15-5-4-8-25-15)18-9-14-6-7-23(2)12-14/h6-7,12,15H,4-5,8-11H2,1-3H3,(H2,18,19,20). The normalized spacial score (nSPS) is 17.9. The van der Waals surface area contributed by atoms with Crippen LogP contribution in [0, 0.1) is 6.92 Å². The summed E-state index contributed by atoms with van der Waals surface area (Å²) < 4.78 is 9.68. The zero-order valence-corrected chi connectivity index (χ0v) is 15.2. The van der Waals surface area contributed by atoms with Crippen LogP contribution >= 0.6 is 0 Å². The molecule has 1 saturated heterocycles. The summed E-state index contributed by atoms with van der Waals surface area (Å²) in [5.41, 5.74) is 1.18. The molecule has 25 heavy (non-hydrogen) atoms. The number of aliphatic imine (C=N–C) groups is 1. The van der Waals surface area contributed by atoms with Gasteiger partial charge in [-0.25, -0.2) is 4.99 Å². The van der Waals surface area contributed by atoms with Crippen LogP contribution in [0.2, 0.25) is 0 Å². The Kier molecular flexibility index (Phi) is 5.70. The van der Waals surface area contributed by atoms with Crippen molar-refractivity contribution in [2.24, 2.45) is 19.1 Å². The Morgan fingerprint density at radius 3 is 2.88 bits per heavy atom. The highest BCUT2D eigenvalue weighted by Crippen LogP contribution is 2.10. The van der Waals surface area contributed by atoms with Gasteiger partial charge >= 0.3 is 0 Å². The molecule has 136 valence electrons. The molecule has 0 amide bonds. The van der Waals surface area contributed by atoms with Gasteiger partial charge in [0.1, 0.15) is 5.82 Å². The molecule has 2 aromatic heterocycles. The number of ether oxygens (including phenoxy) is 1. The Hall–Kier alpha value is -2.35. The van der Waals surface area contributed by atoms with Crippen molar-refractivity contribution in [1.82, 2.24) is 30.0 Å². The van der Waals surface area contributed by atoms with E-state index in [1.54, 1.807) is 0 Å². The van der Waals surface area contributed by atoms with E-state index in [-0.39, 0.29) is 6.10 Å². The van der Waals surface area contributed by atoms with Crippen LogP contribution in [0.25, 0.3) is 0 Å². The Morgan fingerprint density at radius 2 is 2.24 bits per heavy atom. The Morgan fingerprint density at radius 1 is 1.36 bits per heavy atom. The maximum atomic E-state index is 5.68. The van der Waals surface area contributed by atoms with Crippen LogP contribution in [0.5, 0.6) is 0 Å². The third-order valence-electron chi connectivity index (χ3n) is 4.43. The Bertz CT molecular complexity index is 712. The molecule has 1 aliphatic heterocycles. The molecular formula is C17H27N7O. The molecule has 0 saturated carbocycles. The van der Waals surface area contributed by atoms with Crippen molar-refractivity contribution in [3.8, 4) is 0 Å². The topological polar surface area (TPSA) is 81.3 Å². The highest BCUT2D eigenvalue weighted by atomic mass is 16.5. The molecule has 8 nitrogen and oxygen atoms in total. The largest absolute Gasteiger partial charge is 0.376 e. The van der Waals surface area contributed by atoms with E-state index in [1.165, 1.54) is 5.56 Å². The summed E-state index contributed by atoms with van der Waals surface area (Å²) in [7, 11) is 3.98. The first-order valence-electron chi connectivity index (χ1n) is 8.71. The second kappa shape index (κ2) is 8.15. The molecule has 0 aromatic carbocycles. The van der Waals surface area contributed by atoms with Gasteiger partial charge in [0.25, 0.3) is 0 Å². The molecule has 8 heteroatoms. The molecule has 1 aliphatic rings. The average Bonchev–Trinajstić information content (AvgIpc) is 3.32. The van der Waals surface area contributed by atoms with Gasteiger partial charge in [-0.3, -0.25) is 0 Å². The minimum absolute atomic E-state index is 0.265. The summed E-state index contributed by atoms with van der Waals surface area (Å²) in [5, 5.41) is 15.0. The van der Waals surface area contributed by atoms with E-state index in [0.29, 0.717) is 13.1 Å². The molecule has 0 spiro atoms. The third-order valence-corrected chi connectivity index (χ3v) is 4.43. The zero-order valence-electron chi connectivity index (χ0n) is 15.2. The van der Waals surface area contributed by atoms with Gasteiger partial charge in [-0.05, 0) is 31.4 Å². The summed E-state index contributed by atoms with van der Waals surface area (Å²) in [5.74, 6) is 2.54. The summed E-state index contributed by atoms with van der Waals surface area (Å²) in [6.45, 7) is 4.76. The number of rotatable bonds is 6. The summed E-state index contributed by atoms with van der Waals surface area (Å²) in [4.78, 5) is 4.69. The zero-order chi connectivity index (χ0) is 17.6. The van der Waals surface area contributed by atoms with Crippen molar-refractivity contribution in [3.63, 3.8) is 0 Å². The fourth-order valence-corrected chi connectivity index (χ4v) is 2.78. The smallest absolute Gasteiger partial charge is 0.192 e. The lowest BCUT2D eigenvalue weighted by Crippen LogP contribution is -2.41. The average molecular weight is 345 g/mol. The van der Waals surface area contributed by atoms with Crippen molar-refractivity contribution >= 4 is 5.96 Å². The molecule has 1 atom stereocenters. The van der Waals surface area contributed by atoms with Crippen LogP contribution in [0.15, 0.2) is 23.5 Å². The van der Waals surface area contributed by atoms with Crippen molar-refractivity contribution in [1.29, 1.82) is 0 Å². The van der Waals surface area contributed by atoms with E-state index in [9.17, 15) is 0 Å². The second-order valence-corrected chi connectivity index (χ2v) is 6.44. The lowest BCUT2D eigenvalue weighted by molar-refractivity contribution is 0.113. The van der Waals surface area contributed by atoms with E-state index >= 15 is 0 Å². The molecule has 2 N–H and O–H groups in total. The summed E-state index contributed by atoms with van der Waals surface area (Å²) in [6, 6.07) is 2.08. The summed E-state index contributed by atoms with van der Waals surface area (Å²) in [6.07, 6.45) is 6.60. The molecular weight excluding hydrogens is 318 g/mol. The minimum atomic E-state index is 0.265. The predicted molar refractivity (Wildman–Crippen MR) is 96.1 cm³/mol. The van der Waals surface area contributed by atoms with Crippen molar-refractivity contribution < 1.29 is 4.74 Å². The number of nitrogens with one attached hydrogen (secondary N) is 2. The first-order chi connectivity index (χ1) is 12.1. The van der Waals surface area contributed by atoms with Gasteiger partial charge in [-0.15, -0.1) is 10.2 Å². The van der Waals surface area contributed by atoms with Gasteiger partial charge < -0.3 is 24.5 Å². The lowest BCUT2D eigenvalue weighted by Gasteiger charge is -2.15. The fourth-order valence-electron chi connectivity index (χ4n) is 2.78. The number of hydrogen-bond acceptors (Lipinski definition) is 4. The molecule has 1 unspecified atom stereocenters. The first-order valence-corrected chi connectivity index (χ1v) is 8.71. The number of nitrogens with zero attached hydrogens (tertiary/aromatic N) is 5. The van der Waals surface area contributed by atoms with Gasteiger partial charge in [-0.1, -0.05) is 0 Å². The monoisotopic (exact) mass is 345 g/mol. The van der Waals surface area contributed by atoms with Gasteiger partial charge in [0, 0.05) is 39.6 Å². The number of aromatic nitrogens is 4. The van der Waals surface area contributed by atoms with Gasteiger partial charge in [0.2, 0.25) is 0 Å². The van der Waals surface area contributed by atoms with Crippen LogP contribution in [-0.2, 0) is 31.9 Å². The van der Waals surface area contributed by atoms with Crippen LogP contribution in [0.3, 0.4) is 0 Å². The van der Waals surface area contributed by atoms with Crippen LogP contribution < -0.4 is 10.6 Å². The molecule has 3 heterocycles. The van der Waals surface area contributed by atoms with Crippen molar-refractivity contribution in [3.05, 3.63) is 35.7 Å². The maximum absolute atomic E-state index is 5.68. The third kappa shape index (κ3) is 4.82. The molecule has 0 bridgehead atoms. The van der Waals surface area contributed by atoms with E-state index in [2.05, 4.69) is 38.1 Å². The highest BCUT2D eigenvalue weighted by molar-refractivity contribution is 5.79. The Balaban J connectivity index is 1.60. The number of guanidine groups is 1. The molecule has 0 aliphatic carbocycles. The van der Waals surface area contributed by atoms with E-state index in [1.807, 2.05) is 36.4 Å². The molecule has 2 aromatic rings. The molecule has 3 rings (SSSR count). The first kappa shape index (κ1) is 17.5. The van der Waals surface area contributed by atoms with Crippen LogP contribution in [-0.4, -0.2) is 44.5 Å². The van der Waals surface area contributed by atoms with Gasteiger partial charge in [0.15, 0.2) is 11.8 Å². The minimum Gasteiger partial charge on any atom is -0.376 e. The van der Waals surface area contributed by atoms with E-state index in [0.717, 1.165) is 43.6 Å². The van der Waals surface area contributed by atoms with Crippen molar-refractivity contribution in [2.45, 2.75) is 39.0 Å². The van der Waals surface area contributed by atoms with Crippen LogP contribution in [0.1, 0.15) is 30.1 Å².